The van der Waals surface area contributed by atoms with Crippen LogP contribution in [-0.4, -0.2) is 53.6 Å². The van der Waals surface area contributed by atoms with Gasteiger partial charge in [-0.1, -0.05) is 23.2 Å². The van der Waals surface area contributed by atoms with E-state index in [1.165, 1.54) is 12.4 Å². The van der Waals surface area contributed by atoms with Gasteiger partial charge in [0.15, 0.2) is 17.8 Å². The summed E-state index contributed by atoms with van der Waals surface area (Å²) >= 11 is 12.4. The molecule has 0 amide bonds. The molecule has 0 radical (unpaired) electrons. The number of morpholine rings is 1. The predicted octanol–water partition coefficient (Wildman–Crippen LogP) is 4.21. The zero-order valence-electron chi connectivity index (χ0n) is 18.3. The molecule has 4 aromatic rings. The van der Waals surface area contributed by atoms with E-state index in [0.29, 0.717) is 46.0 Å². The van der Waals surface area contributed by atoms with Gasteiger partial charge in [0.1, 0.15) is 11.4 Å². The first-order valence-corrected chi connectivity index (χ1v) is 11.4. The standard InChI is InChI=1S/C23H22Cl2N6O3/c1-32-19-8-13(10-28-23(19)31-4-6-33-7-5-31)21-15-9-14(2-3-18(15)29-30-21)34-22(26)20-16(24)11-27-12-17(20)25/h2-3,8-12,22H,4-7,26H2,1H3,(H,29,30)/t22-/m0/s1. The van der Waals surface area contributed by atoms with Crippen molar-refractivity contribution in [3.8, 4) is 22.8 Å². The Morgan fingerprint density at radius 1 is 1.12 bits per heavy atom. The fraction of sp³-hybridized carbons (Fsp3) is 0.261. The highest BCUT2D eigenvalue weighted by molar-refractivity contribution is 6.35. The zero-order valence-corrected chi connectivity index (χ0v) is 19.8. The van der Waals surface area contributed by atoms with Gasteiger partial charge in [-0.05, 0) is 24.3 Å². The molecule has 1 saturated heterocycles. The molecule has 11 heteroatoms. The van der Waals surface area contributed by atoms with Crippen molar-refractivity contribution in [1.29, 1.82) is 0 Å². The number of hydrogen-bond donors (Lipinski definition) is 2. The largest absolute Gasteiger partial charge is 0.493 e. The number of halogens is 2. The zero-order chi connectivity index (χ0) is 23.7. The van der Waals surface area contributed by atoms with Gasteiger partial charge < -0.3 is 19.1 Å². The number of aromatic nitrogens is 4. The fourth-order valence-corrected chi connectivity index (χ4v) is 4.49. The third-order valence-corrected chi connectivity index (χ3v) is 6.21. The Labute approximate surface area is 205 Å². The topological polar surface area (TPSA) is 111 Å². The average Bonchev–Trinajstić information content (AvgIpc) is 3.27. The van der Waals surface area contributed by atoms with E-state index in [-0.39, 0.29) is 0 Å². The van der Waals surface area contributed by atoms with Crippen LogP contribution < -0.4 is 20.1 Å². The maximum atomic E-state index is 6.24. The summed E-state index contributed by atoms with van der Waals surface area (Å²) in [6.07, 6.45) is 3.87. The number of ether oxygens (including phenoxy) is 3. The SMILES string of the molecule is COc1cc(-c2n[nH]c3ccc(O[C@H](N)c4c(Cl)cncc4Cl)cc23)cnc1N1CCOCC1. The van der Waals surface area contributed by atoms with E-state index < -0.39 is 6.23 Å². The number of nitrogens with one attached hydrogen (secondary N) is 1. The monoisotopic (exact) mass is 500 g/mol. The molecule has 1 aliphatic heterocycles. The summed E-state index contributed by atoms with van der Waals surface area (Å²) in [4.78, 5) is 10.8. The minimum atomic E-state index is -0.870. The molecule has 176 valence electrons. The van der Waals surface area contributed by atoms with Gasteiger partial charge in [-0.25, -0.2) is 4.98 Å². The minimum Gasteiger partial charge on any atom is -0.493 e. The molecule has 1 aliphatic rings. The molecule has 5 rings (SSSR count). The Morgan fingerprint density at radius 2 is 1.88 bits per heavy atom. The second-order valence-corrected chi connectivity index (χ2v) is 8.50. The van der Waals surface area contributed by atoms with Gasteiger partial charge in [-0.2, -0.15) is 5.10 Å². The molecule has 1 fully saturated rings. The lowest BCUT2D eigenvalue weighted by atomic mass is 10.1. The molecule has 0 unspecified atom stereocenters. The van der Waals surface area contributed by atoms with Crippen LogP contribution in [0.15, 0.2) is 42.9 Å². The summed E-state index contributed by atoms with van der Waals surface area (Å²) in [5.74, 6) is 2.00. The predicted molar refractivity (Wildman–Crippen MR) is 131 cm³/mol. The first-order valence-electron chi connectivity index (χ1n) is 10.6. The first-order chi connectivity index (χ1) is 16.5. The second kappa shape index (κ2) is 9.63. The number of nitrogens with two attached hydrogens (primary N) is 1. The van der Waals surface area contributed by atoms with E-state index in [1.807, 2.05) is 18.2 Å². The number of pyridine rings is 2. The van der Waals surface area contributed by atoms with Gasteiger partial charge in [-0.3, -0.25) is 15.8 Å². The average molecular weight is 501 g/mol. The molecule has 1 atom stereocenters. The number of nitrogens with zero attached hydrogens (tertiary/aromatic N) is 4. The molecule has 0 saturated carbocycles. The van der Waals surface area contributed by atoms with Crippen LogP contribution in [0.4, 0.5) is 5.82 Å². The van der Waals surface area contributed by atoms with E-state index in [1.54, 1.807) is 19.4 Å². The second-order valence-electron chi connectivity index (χ2n) is 7.68. The minimum absolute atomic E-state index is 0.337. The van der Waals surface area contributed by atoms with Crippen LogP contribution in [0.3, 0.4) is 0 Å². The molecule has 0 bridgehead atoms. The van der Waals surface area contributed by atoms with Gasteiger partial charge in [0.25, 0.3) is 0 Å². The van der Waals surface area contributed by atoms with Crippen molar-refractivity contribution in [2.24, 2.45) is 5.73 Å². The van der Waals surface area contributed by atoms with Crippen molar-refractivity contribution in [2.45, 2.75) is 6.23 Å². The van der Waals surface area contributed by atoms with Crippen molar-refractivity contribution >= 4 is 39.9 Å². The van der Waals surface area contributed by atoms with E-state index in [0.717, 1.165) is 35.4 Å². The highest BCUT2D eigenvalue weighted by Crippen LogP contribution is 2.36. The lowest BCUT2D eigenvalue weighted by Gasteiger charge is -2.29. The van der Waals surface area contributed by atoms with Crippen LogP contribution >= 0.6 is 23.2 Å². The quantitative estimate of drug-likeness (QED) is 0.378. The van der Waals surface area contributed by atoms with E-state index in [2.05, 4.69) is 25.1 Å². The number of hydrogen-bond acceptors (Lipinski definition) is 8. The number of aromatic amines is 1. The first kappa shape index (κ1) is 22.7. The Morgan fingerprint density at radius 3 is 2.62 bits per heavy atom. The maximum absolute atomic E-state index is 6.24. The summed E-state index contributed by atoms with van der Waals surface area (Å²) < 4.78 is 17.0. The van der Waals surface area contributed by atoms with Gasteiger partial charge in [0.05, 0.1) is 35.9 Å². The molecule has 4 heterocycles. The van der Waals surface area contributed by atoms with Crippen molar-refractivity contribution in [2.75, 3.05) is 38.3 Å². The highest BCUT2D eigenvalue weighted by Gasteiger charge is 2.20. The molecule has 3 aromatic heterocycles. The lowest BCUT2D eigenvalue weighted by molar-refractivity contribution is 0.122. The normalized spacial score (nSPS) is 14.9. The lowest BCUT2D eigenvalue weighted by Crippen LogP contribution is -2.37. The van der Waals surface area contributed by atoms with Gasteiger partial charge in [0.2, 0.25) is 0 Å². The van der Waals surface area contributed by atoms with Gasteiger partial charge >= 0.3 is 0 Å². The molecule has 0 aliphatic carbocycles. The highest BCUT2D eigenvalue weighted by atomic mass is 35.5. The van der Waals surface area contributed by atoms with Crippen molar-refractivity contribution < 1.29 is 14.2 Å². The van der Waals surface area contributed by atoms with Crippen LogP contribution in [0.2, 0.25) is 10.0 Å². The molecule has 34 heavy (non-hydrogen) atoms. The number of rotatable bonds is 6. The smallest absolute Gasteiger partial charge is 0.177 e. The molecular weight excluding hydrogens is 479 g/mol. The van der Waals surface area contributed by atoms with Gasteiger partial charge in [-0.15, -0.1) is 0 Å². The third-order valence-electron chi connectivity index (χ3n) is 5.61. The van der Waals surface area contributed by atoms with Crippen molar-refractivity contribution in [3.05, 3.63) is 58.5 Å². The Kier molecular flexibility index (Phi) is 6.42. The van der Waals surface area contributed by atoms with Gasteiger partial charge in [0, 0.05) is 48.2 Å². The van der Waals surface area contributed by atoms with Crippen molar-refractivity contribution in [3.63, 3.8) is 0 Å². The Bertz CT molecular complexity index is 1310. The van der Waals surface area contributed by atoms with E-state index in [4.69, 9.17) is 43.1 Å². The van der Waals surface area contributed by atoms with Crippen LogP contribution in [0, 0.1) is 0 Å². The summed E-state index contributed by atoms with van der Waals surface area (Å²) in [5, 5.41) is 9.07. The third kappa shape index (κ3) is 4.35. The van der Waals surface area contributed by atoms with Crippen molar-refractivity contribution in [1.82, 2.24) is 20.2 Å². The fourth-order valence-electron chi connectivity index (χ4n) is 3.91. The summed E-state index contributed by atoms with van der Waals surface area (Å²) in [7, 11) is 1.64. The molecule has 1 aromatic carbocycles. The molecule has 9 nitrogen and oxygen atoms in total. The summed E-state index contributed by atoms with van der Waals surface area (Å²) in [6.45, 7) is 2.86. The Hall–Kier alpha value is -3.11. The van der Waals surface area contributed by atoms with Crippen LogP contribution in [0.25, 0.3) is 22.2 Å². The summed E-state index contributed by atoms with van der Waals surface area (Å²) in [5.41, 5.74) is 9.07. The van der Waals surface area contributed by atoms with Crippen LogP contribution in [0.5, 0.6) is 11.5 Å². The van der Waals surface area contributed by atoms with E-state index in [9.17, 15) is 0 Å². The molecule has 3 N–H and O–H groups in total. The number of H-pyrrole nitrogens is 1. The number of benzene rings is 1. The molecule has 0 spiro atoms. The molecular formula is C23H22Cl2N6O3. The number of fused-ring (bicyclic) bond motifs is 1. The van der Waals surface area contributed by atoms with E-state index >= 15 is 0 Å². The number of anilines is 1. The summed E-state index contributed by atoms with van der Waals surface area (Å²) in [6, 6.07) is 7.46. The van der Waals surface area contributed by atoms with Crippen LogP contribution in [0.1, 0.15) is 11.8 Å². The number of methoxy groups -OCH3 is 1. The van der Waals surface area contributed by atoms with Crippen LogP contribution in [-0.2, 0) is 4.74 Å². The maximum Gasteiger partial charge on any atom is 0.177 e. The Balaban J connectivity index is 1.46.